The zero-order chi connectivity index (χ0) is 22.2. The Kier molecular flexibility index (Phi) is 7.54. The zero-order valence-electron chi connectivity index (χ0n) is 17.4. The monoisotopic (exact) mass is 422 g/mol. The van der Waals surface area contributed by atoms with Crippen molar-refractivity contribution in [3.63, 3.8) is 0 Å². The topological polar surface area (TPSA) is 102 Å². The minimum atomic E-state index is -1.20. The number of amides is 3. The number of ketones is 1. The quantitative estimate of drug-likeness (QED) is 0.547. The molecule has 2 aromatic rings. The summed E-state index contributed by atoms with van der Waals surface area (Å²) in [6, 6.07) is 14.3. The number of rotatable bonds is 6. The van der Waals surface area contributed by atoms with Gasteiger partial charge in [0, 0.05) is 17.2 Å². The molecule has 3 amide bonds. The molecule has 2 aromatic carbocycles. The average Bonchev–Trinajstić information content (AvgIpc) is 2.79. The van der Waals surface area contributed by atoms with E-state index in [2.05, 4.69) is 10.6 Å². The fourth-order valence-electron chi connectivity index (χ4n) is 3.56. The number of nitrogens with one attached hydrogen (secondary N) is 2. The van der Waals surface area contributed by atoms with Gasteiger partial charge in [-0.2, -0.15) is 0 Å². The lowest BCUT2D eigenvalue weighted by atomic mass is 9.96. The minimum Gasteiger partial charge on any atom is -0.449 e. The first kappa shape index (κ1) is 22.2. The van der Waals surface area contributed by atoms with E-state index in [0.717, 1.165) is 32.1 Å². The fourth-order valence-corrected chi connectivity index (χ4v) is 3.56. The van der Waals surface area contributed by atoms with Gasteiger partial charge in [-0.3, -0.25) is 14.9 Å². The summed E-state index contributed by atoms with van der Waals surface area (Å²) >= 11 is 0. The van der Waals surface area contributed by atoms with E-state index in [1.807, 2.05) is 0 Å². The van der Waals surface area contributed by atoms with Crippen LogP contribution in [0.5, 0.6) is 0 Å². The van der Waals surface area contributed by atoms with Gasteiger partial charge in [-0.05, 0) is 25.8 Å². The van der Waals surface area contributed by atoms with Crippen LogP contribution in [0.15, 0.2) is 54.6 Å². The highest BCUT2D eigenvalue weighted by Gasteiger charge is 2.25. The Labute approximate surface area is 181 Å². The second kappa shape index (κ2) is 10.5. The van der Waals surface area contributed by atoms with Crippen LogP contribution in [0.2, 0.25) is 0 Å². The summed E-state index contributed by atoms with van der Waals surface area (Å²) in [5.41, 5.74) is 0.678. The van der Waals surface area contributed by atoms with Gasteiger partial charge >= 0.3 is 12.0 Å². The van der Waals surface area contributed by atoms with Crippen molar-refractivity contribution >= 4 is 23.7 Å². The van der Waals surface area contributed by atoms with Gasteiger partial charge in [0.1, 0.15) is 0 Å². The molecule has 0 spiro atoms. The maximum Gasteiger partial charge on any atom is 0.339 e. The second-order valence-corrected chi connectivity index (χ2v) is 7.59. The lowest BCUT2D eigenvalue weighted by Gasteiger charge is -2.23. The molecular weight excluding hydrogens is 396 g/mol. The van der Waals surface area contributed by atoms with Crippen LogP contribution < -0.4 is 10.6 Å². The molecule has 1 fully saturated rings. The molecule has 7 nitrogen and oxygen atoms in total. The number of imide groups is 1. The van der Waals surface area contributed by atoms with E-state index in [1.165, 1.54) is 19.1 Å². The Morgan fingerprint density at radius 1 is 0.871 bits per heavy atom. The predicted molar refractivity (Wildman–Crippen MR) is 115 cm³/mol. The van der Waals surface area contributed by atoms with Crippen LogP contribution in [0, 0.1) is 0 Å². The number of ether oxygens (including phenoxy) is 1. The molecule has 1 atom stereocenters. The van der Waals surface area contributed by atoms with Crippen LogP contribution in [-0.4, -0.2) is 35.8 Å². The van der Waals surface area contributed by atoms with Crippen molar-refractivity contribution in [3.05, 3.63) is 71.3 Å². The summed E-state index contributed by atoms with van der Waals surface area (Å²) in [4.78, 5) is 49.8. The third-order valence-electron chi connectivity index (χ3n) is 5.26. The number of esters is 1. The van der Waals surface area contributed by atoms with Gasteiger partial charge in [0.25, 0.3) is 5.91 Å². The van der Waals surface area contributed by atoms with Crippen molar-refractivity contribution in [1.29, 1.82) is 0 Å². The lowest BCUT2D eigenvalue weighted by Crippen LogP contribution is -2.48. The Hall–Kier alpha value is -3.48. The normalized spacial score (nSPS) is 14.9. The van der Waals surface area contributed by atoms with Gasteiger partial charge in [0.2, 0.25) is 0 Å². The van der Waals surface area contributed by atoms with Gasteiger partial charge in [0.15, 0.2) is 11.9 Å². The average molecular weight is 422 g/mol. The smallest absolute Gasteiger partial charge is 0.339 e. The van der Waals surface area contributed by atoms with Crippen LogP contribution in [0.3, 0.4) is 0 Å². The molecule has 1 unspecified atom stereocenters. The van der Waals surface area contributed by atoms with Crippen molar-refractivity contribution in [2.24, 2.45) is 0 Å². The summed E-state index contributed by atoms with van der Waals surface area (Å²) in [7, 11) is 0. The van der Waals surface area contributed by atoms with Crippen LogP contribution in [0.25, 0.3) is 0 Å². The SMILES string of the molecule is CC(OC(=O)c1ccccc1C(=O)c1ccccc1)C(=O)NC(=O)NC1CCCCC1. The van der Waals surface area contributed by atoms with Crippen molar-refractivity contribution in [2.75, 3.05) is 0 Å². The van der Waals surface area contributed by atoms with Crippen molar-refractivity contribution < 1.29 is 23.9 Å². The Balaban J connectivity index is 1.61. The van der Waals surface area contributed by atoms with E-state index in [-0.39, 0.29) is 23.0 Å². The minimum absolute atomic E-state index is 0.0512. The van der Waals surface area contributed by atoms with Crippen molar-refractivity contribution in [3.8, 4) is 0 Å². The van der Waals surface area contributed by atoms with Gasteiger partial charge in [-0.25, -0.2) is 9.59 Å². The summed E-state index contributed by atoms with van der Waals surface area (Å²) in [5.74, 6) is -1.86. The van der Waals surface area contributed by atoms with E-state index in [0.29, 0.717) is 5.56 Å². The molecule has 162 valence electrons. The standard InChI is InChI=1S/C24H26N2O5/c1-16(22(28)26-24(30)25-18-12-6-3-7-13-18)31-23(29)20-15-9-8-14-19(20)21(27)17-10-4-2-5-11-17/h2,4-5,8-11,14-16,18H,3,6-7,12-13H2,1H3,(H2,25,26,28,30). The zero-order valence-corrected chi connectivity index (χ0v) is 17.4. The molecule has 0 saturated heterocycles. The summed E-state index contributed by atoms with van der Waals surface area (Å²) in [6.45, 7) is 1.38. The molecule has 1 aliphatic carbocycles. The highest BCUT2D eigenvalue weighted by atomic mass is 16.5. The largest absolute Gasteiger partial charge is 0.449 e. The van der Waals surface area contributed by atoms with Gasteiger partial charge in [-0.15, -0.1) is 0 Å². The highest BCUT2D eigenvalue weighted by molar-refractivity contribution is 6.14. The Morgan fingerprint density at radius 3 is 2.16 bits per heavy atom. The number of carbonyl (C=O) groups excluding carboxylic acids is 4. The number of hydrogen-bond acceptors (Lipinski definition) is 5. The molecule has 0 heterocycles. The maximum atomic E-state index is 12.8. The first-order valence-corrected chi connectivity index (χ1v) is 10.5. The first-order chi connectivity index (χ1) is 15.0. The Morgan fingerprint density at radius 2 is 1.48 bits per heavy atom. The van der Waals surface area contributed by atoms with Crippen LogP contribution in [-0.2, 0) is 9.53 Å². The van der Waals surface area contributed by atoms with E-state index in [1.54, 1.807) is 42.5 Å². The number of benzene rings is 2. The molecule has 1 aliphatic rings. The van der Waals surface area contributed by atoms with Crippen molar-refractivity contribution in [2.45, 2.75) is 51.2 Å². The maximum absolute atomic E-state index is 12.8. The number of carbonyl (C=O) groups is 4. The van der Waals surface area contributed by atoms with Crippen LogP contribution in [0.4, 0.5) is 4.79 Å². The van der Waals surface area contributed by atoms with Gasteiger partial charge in [0.05, 0.1) is 5.56 Å². The molecule has 0 bridgehead atoms. The van der Waals surface area contributed by atoms with Crippen molar-refractivity contribution in [1.82, 2.24) is 10.6 Å². The van der Waals surface area contributed by atoms with E-state index >= 15 is 0 Å². The molecule has 1 saturated carbocycles. The fraction of sp³-hybridized carbons (Fsp3) is 0.333. The van der Waals surface area contributed by atoms with E-state index < -0.39 is 24.0 Å². The second-order valence-electron chi connectivity index (χ2n) is 7.59. The molecule has 31 heavy (non-hydrogen) atoms. The predicted octanol–water partition coefficient (Wildman–Crippen LogP) is 3.62. The highest BCUT2D eigenvalue weighted by Crippen LogP contribution is 2.18. The van der Waals surface area contributed by atoms with Gasteiger partial charge < -0.3 is 10.1 Å². The summed E-state index contributed by atoms with van der Waals surface area (Å²) in [5, 5.41) is 4.99. The molecule has 7 heteroatoms. The van der Waals surface area contributed by atoms with Crippen LogP contribution in [0.1, 0.15) is 65.3 Å². The van der Waals surface area contributed by atoms with E-state index in [4.69, 9.17) is 4.74 Å². The molecule has 0 aromatic heterocycles. The molecule has 3 rings (SSSR count). The lowest BCUT2D eigenvalue weighted by molar-refractivity contribution is -0.127. The molecule has 0 aliphatic heterocycles. The molecule has 2 N–H and O–H groups in total. The summed E-state index contributed by atoms with van der Waals surface area (Å²) in [6.07, 6.45) is 3.82. The van der Waals surface area contributed by atoms with Crippen LogP contribution >= 0.6 is 0 Å². The summed E-state index contributed by atoms with van der Waals surface area (Å²) < 4.78 is 5.23. The first-order valence-electron chi connectivity index (χ1n) is 10.5. The third-order valence-corrected chi connectivity index (χ3v) is 5.26. The molecular formula is C24H26N2O5. The number of urea groups is 1. The Bertz CT molecular complexity index is 951. The number of hydrogen-bond donors (Lipinski definition) is 2. The third kappa shape index (κ3) is 6.01. The molecule has 0 radical (unpaired) electrons. The van der Waals surface area contributed by atoms with E-state index in [9.17, 15) is 19.2 Å². The van der Waals surface area contributed by atoms with Gasteiger partial charge in [-0.1, -0.05) is 67.8 Å².